The Labute approximate surface area is 95.6 Å². The molecule has 0 N–H and O–H groups in total. The van der Waals surface area contributed by atoms with Gasteiger partial charge >= 0.3 is 6.18 Å². The zero-order valence-corrected chi connectivity index (χ0v) is 9.36. The molecule has 0 aliphatic heterocycles. The summed E-state index contributed by atoms with van der Waals surface area (Å²) in [6.45, 7) is 0. The Hall–Kier alpha value is -0.920. The van der Waals surface area contributed by atoms with Crippen molar-refractivity contribution in [1.82, 2.24) is 4.98 Å². The van der Waals surface area contributed by atoms with Crippen LogP contribution in [0.1, 0.15) is 17.8 Å². The Morgan fingerprint density at radius 2 is 1.94 bits per heavy atom. The Balaban J connectivity index is 3.43. The lowest BCUT2D eigenvalue weighted by Crippen LogP contribution is -2.12. The SMILES string of the molecule is COc1c(Br)cc(C(F)F)nc1C(F)(F)F. The van der Waals surface area contributed by atoms with Crippen LogP contribution in [-0.4, -0.2) is 12.1 Å². The first-order chi connectivity index (χ1) is 7.27. The fraction of sp³-hybridized carbons (Fsp3) is 0.375. The number of hydrogen-bond donors (Lipinski definition) is 0. The van der Waals surface area contributed by atoms with E-state index in [4.69, 9.17) is 0 Å². The summed E-state index contributed by atoms with van der Waals surface area (Å²) < 4.78 is 66.1. The van der Waals surface area contributed by atoms with Crippen molar-refractivity contribution in [3.8, 4) is 5.75 Å². The third kappa shape index (κ3) is 2.60. The van der Waals surface area contributed by atoms with E-state index in [1.807, 2.05) is 0 Å². The molecule has 0 unspecified atom stereocenters. The van der Waals surface area contributed by atoms with Gasteiger partial charge in [-0.1, -0.05) is 0 Å². The summed E-state index contributed by atoms with van der Waals surface area (Å²) in [4.78, 5) is 2.85. The molecule has 0 saturated heterocycles. The van der Waals surface area contributed by atoms with Gasteiger partial charge in [-0.15, -0.1) is 0 Å². The van der Waals surface area contributed by atoms with E-state index < -0.39 is 29.7 Å². The van der Waals surface area contributed by atoms with E-state index >= 15 is 0 Å². The number of ether oxygens (including phenoxy) is 1. The predicted molar refractivity (Wildman–Crippen MR) is 48.4 cm³/mol. The van der Waals surface area contributed by atoms with Crippen LogP contribution in [0.4, 0.5) is 22.0 Å². The topological polar surface area (TPSA) is 22.1 Å². The number of nitrogens with zero attached hydrogens (tertiary/aromatic N) is 1. The summed E-state index contributed by atoms with van der Waals surface area (Å²) in [7, 11) is 0.999. The Morgan fingerprint density at radius 3 is 2.31 bits per heavy atom. The molecule has 0 fully saturated rings. The van der Waals surface area contributed by atoms with Gasteiger partial charge in [0.05, 0.1) is 11.6 Å². The van der Waals surface area contributed by atoms with Gasteiger partial charge in [-0.3, -0.25) is 0 Å². The van der Waals surface area contributed by atoms with Gasteiger partial charge in [0, 0.05) is 0 Å². The number of rotatable bonds is 2. The minimum Gasteiger partial charge on any atom is -0.493 e. The van der Waals surface area contributed by atoms with Gasteiger partial charge in [-0.25, -0.2) is 13.8 Å². The highest BCUT2D eigenvalue weighted by molar-refractivity contribution is 9.10. The maximum atomic E-state index is 12.5. The molecule has 0 radical (unpaired) electrons. The van der Waals surface area contributed by atoms with Crippen molar-refractivity contribution < 1.29 is 26.7 Å². The second-order valence-corrected chi connectivity index (χ2v) is 3.56. The standard InChI is InChI=1S/C8H5BrF5NO/c1-16-5-3(9)2-4(7(10)11)15-6(5)8(12,13)14/h2,7H,1H3. The maximum Gasteiger partial charge on any atom is 0.437 e. The van der Waals surface area contributed by atoms with E-state index in [1.165, 1.54) is 0 Å². The predicted octanol–water partition coefficient (Wildman–Crippen LogP) is 3.81. The molecule has 8 heteroatoms. The van der Waals surface area contributed by atoms with Crippen LogP contribution >= 0.6 is 15.9 Å². The summed E-state index contributed by atoms with van der Waals surface area (Å²) in [6.07, 6.45) is -7.93. The smallest absolute Gasteiger partial charge is 0.437 e. The first-order valence-corrected chi connectivity index (χ1v) is 4.66. The Kier molecular flexibility index (Phi) is 3.72. The number of hydrogen-bond acceptors (Lipinski definition) is 2. The summed E-state index contributed by atoms with van der Waals surface area (Å²) in [5.74, 6) is -0.614. The van der Waals surface area contributed by atoms with Crippen molar-refractivity contribution in [2.75, 3.05) is 7.11 Å². The lowest BCUT2D eigenvalue weighted by atomic mass is 10.2. The molecule has 0 aliphatic rings. The fourth-order valence-corrected chi connectivity index (χ4v) is 1.60. The van der Waals surface area contributed by atoms with Crippen molar-refractivity contribution in [3.05, 3.63) is 21.9 Å². The highest BCUT2D eigenvalue weighted by Crippen LogP contribution is 2.40. The summed E-state index contributed by atoms with van der Waals surface area (Å²) in [5, 5.41) is 0. The lowest BCUT2D eigenvalue weighted by molar-refractivity contribution is -0.142. The van der Waals surface area contributed by atoms with Crippen LogP contribution in [-0.2, 0) is 6.18 Å². The third-order valence-electron chi connectivity index (χ3n) is 1.64. The van der Waals surface area contributed by atoms with Gasteiger partial charge in [-0.2, -0.15) is 13.2 Å². The third-order valence-corrected chi connectivity index (χ3v) is 2.23. The average molecular weight is 306 g/mol. The van der Waals surface area contributed by atoms with Crippen molar-refractivity contribution >= 4 is 15.9 Å². The first-order valence-electron chi connectivity index (χ1n) is 3.87. The molecule has 16 heavy (non-hydrogen) atoms. The molecule has 0 aromatic carbocycles. The van der Waals surface area contributed by atoms with E-state index in [1.54, 1.807) is 0 Å². The highest BCUT2D eigenvalue weighted by atomic mass is 79.9. The number of methoxy groups -OCH3 is 1. The summed E-state index contributed by atoms with van der Waals surface area (Å²) in [5.41, 5.74) is -2.43. The van der Waals surface area contributed by atoms with Crippen LogP contribution < -0.4 is 4.74 Å². The zero-order valence-electron chi connectivity index (χ0n) is 7.78. The van der Waals surface area contributed by atoms with Gasteiger partial charge in [0.15, 0.2) is 11.4 Å². The molecule has 0 saturated carbocycles. The molecule has 90 valence electrons. The highest BCUT2D eigenvalue weighted by Gasteiger charge is 2.38. The number of aromatic nitrogens is 1. The van der Waals surface area contributed by atoms with Crippen LogP contribution in [0.15, 0.2) is 10.5 Å². The molecule has 0 bridgehead atoms. The zero-order chi connectivity index (χ0) is 12.5. The number of pyridine rings is 1. The molecule has 0 atom stereocenters. The van der Waals surface area contributed by atoms with E-state index in [-0.39, 0.29) is 4.47 Å². The Bertz CT molecular complexity index is 393. The van der Waals surface area contributed by atoms with Crippen LogP contribution in [0.3, 0.4) is 0 Å². The molecule has 1 aromatic heterocycles. The number of alkyl halides is 5. The molecule has 0 spiro atoms. The summed E-state index contributed by atoms with van der Waals surface area (Å²) in [6, 6.07) is 0.790. The van der Waals surface area contributed by atoms with E-state index in [9.17, 15) is 22.0 Å². The molecular formula is C8H5BrF5NO. The molecule has 1 rings (SSSR count). The minimum atomic E-state index is -4.85. The molecular weight excluding hydrogens is 301 g/mol. The fourth-order valence-electron chi connectivity index (χ4n) is 1.02. The van der Waals surface area contributed by atoms with Gasteiger partial charge in [-0.05, 0) is 22.0 Å². The van der Waals surface area contributed by atoms with Crippen molar-refractivity contribution in [1.29, 1.82) is 0 Å². The number of halogens is 6. The van der Waals surface area contributed by atoms with E-state index in [0.29, 0.717) is 0 Å². The lowest BCUT2D eigenvalue weighted by Gasteiger charge is -2.13. The average Bonchev–Trinajstić information content (AvgIpc) is 2.14. The normalized spacial score (nSPS) is 12.0. The van der Waals surface area contributed by atoms with Crippen LogP contribution in [0.25, 0.3) is 0 Å². The van der Waals surface area contributed by atoms with Gasteiger partial charge in [0.1, 0.15) is 5.69 Å². The quantitative estimate of drug-likeness (QED) is 0.775. The van der Waals surface area contributed by atoms with Gasteiger partial charge in [0.2, 0.25) is 0 Å². The molecule has 1 aromatic rings. The van der Waals surface area contributed by atoms with Crippen LogP contribution in [0.2, 0.25) is 0 Å². The molecule has 2 nitrogen and oxygen atoms in total. The van der Waals surface area contributed by atoms with Crippen molar-refractivity contribution in [3.63, 3.8) is 0 Å². The summed E-state index contributed by atoms with van der Waals surface area (Å²) >= 11 is 2.72. The van der Waals surface area contributed by atoms with Crippen molar-refractivity contribution in [2.24, 2.45) is 0 Å². The molecule has 0 aliphatic carbocycles. The monoisotopic (exact) mass is 305 g/mol. The van der Waals surface area contributed by atoms with Crippen LogP contribution in [0, 0.1) is 0 Å². The largest absolute Gasteiger partial charge is 0.493 e. The van der Waals surface area contributed by atoms with E-state index in [0.717, 1.165) is 13.2 Å². The minimum absolute atomic E-state index is 0.215. The van der Waals surface area contributed by atoms with Gasteiger partial charge < -0.3 is 4.74 Å². The molecule has 0 amide bonds. The van der Waals surface area contributed by atoms with E-state index in [2.05, 4.69) is 25.7 Å². The molecule has 1 heterocycles. The van der Waals surface area contributed by atoms with Gasteiger partial charge in [0.25, 0.3) is 6.43 Å². The second-order valence-electron chi connectivity index (χ2n) is 2.71. The van der Waals surface area contributed by atoms with Crippen molar-refractivity contribution in [2.45, 2.75) is 12.6 Å². The maximum absolute atomic E-state index is 12.5. The van der Waals surface area contributed by atoms with Crippen LogP contribution in [0.5, 0.6) is 5.75 Å². The first kappa shape index (κ1) is 13.1. The Morgan fingerprint density at radius 1 is 1.38 bits per heavy atom. The second kappa shape index (κ2) is 4.52.